The van der Waals surface area contributed by atoms with Gasteiger partial charge in [-0.25, -0.2) is 9.97 Å². The van der Waals surface area contributed by atoms with Crippen molar-refractivity contribution in [1.82, 2.24) is 19.4 Å². The molecular weight excluding hydrogens is 368 g/mol. The zero-order valence-corrected chi connectivity index (χ0v) is 16.4. The molecule has 3 heterocycles. The second-order valence-electron chi connectivity index (χ2n) is 7.18. The largest absolute Gasteiger partial charge is 0.399 e. The minimum atomic E-state index is -0.299. The normalized spacial score (nSPS) is 14.2. The number of likely N-dealkylation sites (tertiary alicyclic amines) is 1. The Bertz CT molecular complexity index is 1070. The molecule has 0 spiro atoms. The molecule has 8 heteroatoms. The molecule has 2 aromatic heterocycles. The van der Waals surface area contributed by atoms with Crippen LogP contribution in [-0.4, -0.2) is 44.3 Å². The Morgan fingerprint density at radius 2 is 1.93 bits per heavy atom. The Labute approximate surface area is 168 Å². The number of hydrogen-bond donors (Lipinski definition) is 2. The van der Waals surface area contributed by atoms with E-state index in [-0.39, 0.29) is 11.8 Å². The molecule has 1 aromatic carbocycles. The lowest BCUT2D eigenvalue weighted by atomic mass is 10.1. The van der Waals surface area contributed by atoms with Gasteiger partial charge in [0, 0.05) is 37.1 Å². The second kappa shape index (κ2) is 7.90. The number of nitrogen functional groups attached to an aromatic ring is 1. The Hall–Kier alpha value is -3.42. The summed E-state index contributed by atoms with van der Waals surface area (Å²) in [5, 5.41) is 2.83. The first-order chi connectivity index (χ1) is 14.1. The first-order valence-corrected chi connectivity index (χ1v) is 9.89. The summed E-state index contributed by atoms with van der Waals surface area (Å²) in [7, 11) is 0. The molecule has 1 aliphatic rings. The quantitative estimate of drug-likeness (QED) is 0.664. The van der Waals surface area contributed by atoms with Crippen molar-refractivity contribution in [3.8, 4) is 0 Å². The summed E-state index contributed by atoms with van der Waals surface area (Å²) in [6.45, 7) is 4.09. The van der Waals surface area contributed by atoms with Crippen LogP contribution in [-0.2, 0) is 6.54 Å². The molecule has 1 saturated heterocycles. The molecule has 0 saturated carbocycles. The predicted molar refractivity (Wildman–Crippen MR) is 112 cm³/mol. The lowest BCUT2D eigenvalue weighted by molar-refractivity contribution is 0.0724. The van der Waals surface area contributed by atoms with Crippen LogP contribution < -0.4 is 11.1 Å². The van der Waals surface area contributed by atoms with Crippen molar-refractivity contribution in [1.29, 1.82) is 0 Å². The van der Waals surface area contributed by atoms with Gasteiger partial charge in [0.25, 0.3) is 11.8 Å². The van der Waals surface area contributed by atoms with Crippen LogP contribution in [0.3, 0.4) is 0 Å². The lowest BCUT2D eigenvalue weighted by Crippen LogP contribution is -2.35. The molecule has 0 unspecified atom stereocenters. The highest BCUT2D eigenvalue weighted by Gasteiger charge is 2.21. The van der Waals surface area contributed by atoms with Crippen molar-refractivity contribution in [3.63, 3.8) is 0 Å². The summed E-state index contributed by atoms with van der Waals surface area (Å²) < 4.78 is 1.81. The van der Waals surface area contributed by atoms with Crippen molar-refractivity contribution in [2.75, 3.05) is 24.1 Å². The van der Waals surface area contributed by atoms with Crippen LogP contribution in [0.5, 0.6) is 0 Å². The highest BCUT2D eigenvalue weighted by molar-refractivity contribution is 6.04. The fourth-order valence-corrected chi connectivity index (χ4v) is 3.66. The van der Waals surface area contributed by atoms with E-state index in [2.05, 4.69) is 15.3 Å². The summed E-state index contributed by atoms with van der Waals surface area (Å²) in [6.07, 6.45) is 4.83. The van der Waals surface area contributed by atoms with Gasteiger partial charge in [-0.15, -0.1) is 0 Å². The molecule has 0 atom stereocenters. The van der Waals surface area contributed by atoms with E-state index in [1.54, 1.807) is 36.5 Å². The monoisotopic (exact) mass is 392 g/mol. The Balaban J connectivity index is 1.63. The first kappa shape index (κ1) is 18.9. The number of rotatable bonds is 4. The molecule has 0 radical (unpaired) electrons. The zero-order valence-electron chi connectivity index (χ0n) is 16.4. The number of aromatic nitrogens is 3. The van der Waals surface area contributed by atoms with Crippen LogP contribution in [0.2, 0.25) is 0 Å². The van der Waals surface area contributed by atoms with Gasteiger partial charge in [0.1, 0.15) is 5.52 Å². The van der Waals surface area contributed by atoms with E-state index < -0.39 is 0 Å². The third-order valence-corrected chi connectivity index (χ3v) is 5.17. The SMILES string of the molecule is CCn1c(NC(=O)c2cccc(N)c2)nc2cc(C(=O)N3CCCCC3)cnc21. The molecule has 29 heavy (non-hydrogen) atoms. The molecule has 0 aliphatic carbocycles. The summed E-state index contributed by atoms with van der Waals surface area (Å²) in [4.78, 5) is 36.2. The van der Waals surface area contributed by atoms with Gasteiger partial charge >= 0.3 is 0 Å². The second-order valence-corrected chi connectivity index (χ2v) is 7.18. The number of nitrogens with zero attached hydrogens (tertiary/aromatic N) is 4. The van der Waals surface area contributed by atoms with Crippen molar-refractivity contribution < 1.29 is 9.59 Å². The van der Waals surface area contributed by atoms with Gasteiger partial charge in [-0.05, 0) is 50.5 Å². The van der Waals surface area contributed by atoms with Crippen molar-refractivity contribution >= 4 is 34.6 Å². The zero-order chi connectivity index (χ0) is 20.4. The molecule has 1 fully saturated rings. The topological polar surface area (TPSA) is 106 Å². The number of carbonyl (C=O) groups excluding carboxylic acids is 2. The maximum Gasteiger partial charge on any atom is 0.258 e. The fraction of sp³-hybridized carbons (Fsp3) is 0.333. The van der Waals surface area contributed by atoms with Crippen LogP contribution in [0.4, 0.5) is 11.6 Å². The fourth-order valence-electron chi connectivity index (χ4n) is 3.66. The number of amides is 2. The van der Waals surface area contributed by atoms with E-state index in [1.165, 1.54) is 0 Å². The molecule has 8 nitrogen and oxygen atoms in total. The van der Waals surface area contributed by atoms with E-state index in [0.717, 1.165) is 32.4 Å². The van der Waals surface area contributed by atoms with Crippen LogP contribution in [0.15, 0.2) is 36.5 Å². The van der Waals surface area contributed by atoms with Gasteiger partial charge in [-0.2, -0.15) is 0 Å². The number of nitrogens with one attached hydrogen (secondary N) is 1. The van der Waals surface area contributed by atoms with Crippen LogP contribution in [0.25, 0.3) is 11.2 Å². The number of hydrogen-bond acceptors (Lipinski definition) is 5. The van der Waals surface area contributed by atoms with Gasteiger partial charge in [0.2, 0.25) is 5.95 Å². The Morgan fingerprint density at radius 1 is 1.14 bits per heavy atom. The molecule has 4 rings (SSSR count). The van der Waals surface area contributed by atoms with E-state index in [1.807, 2.05) is 16.4 Å². The number of anilines is 2. The van der Waals surface area contributed by atoms with Crippen LogP contribution in [0, 0.1) is 0 Å². The first-order valence-electron chi connectivity index (χ1n) is 9.89. The van der Waals surface area contributed by atoms with Gasteiger partial charge in [0.15, 0.2) is 5.65 Å². The summed E-state index contributed by atoms with van der Waals surface area (Å²) in [5.41, 5.74) is 8.47. The maximum atomic E-state index is 12.8. The smallest absolute Gasteiger partial charge is 0.258 e. The lowest BCUT2D eigenvalue weighted by Gasteiger charge is -2.26. The highest BCUT2D eigenvalue weighted by Crippen LogP contribution is 2.21. The molecule has 3 aromatic rings. The summed E-state index contributed by atoms with van der Waals surface area (Å²) >= 11 is 0. The van der Waals surface area contributed by atoms with Crippen LogP contribution in [0.1, 0.15) is 46.9 Å². The van der Waals surface area contributed by atoms with E-state index >= 15 is 0 Å². The number of imidazole rings is 1. The molecular formula is C21H24N6O2. The third kappa shape index (κ3) is 3.78. The summed E-state index contributed by atoms with van der Waals surface area (Å²) in [6, 6.07) is 8.51. The standard InChI is InChI=1S/C21H24N6O2/c1-2-27-18-17(12-15(13-23-18)20(29)26-9-4-3-5-10-26)24-21(27)25-19(28)14-7-6-8-16(22)11-14/h6-8,11-13H,2-5,9-10,22H2,1H3,(H,24,25,28). The van der Waals surface area contributed by atoms with Crippen molar-refractivity contribution in [2.24, 2.45) is 0 Å². The van der Waals surface area contributed by atoms with Crippen molar-refractivity contribution in [2.45, 2.75) is 32.7 Å². The third-order valence-electron chi connectivity index (χ3n) is 5.17. The number of aryl methyl sites for hydroxylation is 1. The predicted octanol–water partition coefficient (Wildman–Crippen LogP) is 2.91. The highest BCUT2D eigenvalue weighted by atomic mass is 16.2. The number of pyridine rings is 1. The maximum absolute atomic E-state index is 12.8. The molecule has 0 bridgehead atoms. The van der Waals surface area contributed by atoms with E-state index in [9.17, 15) is 9.59 Å². The Morgan fingerprint density at radius 3 is 2.66 bits per heavy atom. The number of fused-ring (bicyclic) bond motifs is 1. The van der Waals surface area contributed by atoms with E-state index in [0.29, 0.717) is 40.5 Å². The average molecular weight is 392 g/mol. The van der Waals surface area contributed by atoms with Gasteiger partial charge in [0.05, 0.1) is 5.56 Å². The number of carbonyl (C=O) groups is 2. The van der Waals surface area contributed by atoms with E-state index in [4.69, 9.17) is 5.73 Å². The molecule has 150 valence electrons. The van der Waals surface area contributed by atoms with Gasteiger partial charge < -0.3 is 10.6 Å². The molecule has 2 amide bonds. The summed E-state index contributed by atoms with van der Waals surface area (Å²) in [5.74, 6) is 0.0763. The Kier molecular flexibility index (Phi) is 5.16. The molecule has 3 N–H and O–H groups in total. The number of nitrogens with two attached hydrogens (primary N) is 1. The van der Waals surface area contributed by atoms with Crippen LogP contribution >= 0.6 is 0 Å². The minimum Gasteiger partial charge on any atom is -0.399 e. The van der Waals surface area contributed by atoms with Crippen molar-refractivity contribution in [3.05, 3.63) is 47.7 Å². The van der Waals surface area contributed by atoms with Gasteiger partial charge in [-0.3, -0.25) is 19.5 Å². The minimum absolute atomic E-state index is 0.0181. The average Bonchev–Trinajstić information content (AvgIpc) is 3.09. The number of benzene rings is 1. The molecule has 1 aliphatic heterocycles. The van der Waals surface area contributed by atoms with Gasteiger partial charge in [-0.1, -0.05) is 6.07 Å². The number of piperidine rings is 1.